The number of carbonyl (C=O) groups is 1. The molecule has 7 nitrogen and oxygen atoms in total. The Morgan fingerprint density at radius 2 is 1.96 bits per heavy atom. The maximum Gasteiger partial charge on any atom is 0.349 e. The molecule has 1 fully saturated rings. The van der Waals surface area contributed by atoms with Gasteiger partial charge in [-0.3, -0.25) is 9.36 Å². The highest BCUT2D eigenvalue weighted by Gasteiger charge is 2.41. The molecule has 26 heavy (non-hydrogen) atoms. The first-order valence-corrected chi connectivity index (χ1v) is 8.76. The molecule has 2 atom stereocenters. The molecule has 0 bridgehead atoms. The van der Waals surface area contributed by atoms with E-state index in [1.54, 1.807) is 0 Å². The van der Waals surface area contributed by atoms with Crippen molar-refractivity contribution in [2.24, 2.45) is 7.05 Å². The summed E-state index contributed by atoms with van der Waals surface area (Å²) in [4.78, 5) is 33.4. The molecule has 9 heteroatoms. The number of carbonyl (C=O) groups excluding carboxylic acids is 1. The van der Waals surface area contributed by atoms with Crippen LogP contribution in [0.1, 0.15) is 12.5 Å². The fourth-order valence-corrected chi connectivity index (χ4v) is 4.25. The lowest BCUT2D eigenvalue weighted by atomic mass is 10.1. The molecule has 2 aliphatic rings. The third kappa shape index (κ3) is 2.18. The Kier molecular flexibility index (Phi) is 3.75. The van der Waals surface area contributed by atoms with Crippen LogP contribution < -0.4 is 15.9 Å². The second kappa shape index (κ2) is 5.65. The van der Waals surface area contributed by atoms with Crippen molar-refractivity contribution in [1.29, 1.82) is 0 Å². The molecule has 1 aromatic heterocycles. The second-order valence-electron chi connectivity index (χ2n) is 7.11. The molecule has 2 aromatic rings. The first kappa shape index (κ1) is 17.2. The third-order valence-electron chi connectivity index (χ3n) is 5.29. The predicted molar refractivity (Wildman–Crippen MR) is 98.5 cm³/mol. The van der Waals surface area contributed by atoms with Gasteiger partial charge in [-0.05, 0) is 20.9 Å². The van der Waals surface area contributed by atoms with E-state index >= 15 is 4.39 Å². The largest absolute Gasteiger partial charge is 0.349 e. The predicted octanol–water partition coefficient (Wildman–Crippen LogP) is 1.50. The molecule has 2 unspecified atom stereocenters. The quantitative estimate of drug-likeness (QED) is 0.751. The maximum absolute atomic E-state index is 15.0. The molecule has 1 N–H and O–H groups in total. The zero-order chi connectivity index (χ0) is 18.9. The summed E-state index contributed by atoms with van der Waals surface area (Å²) < 4.78 is 16.2. The van der Waals surface area contributed by atoms with Crippen molar-refractivity contribution in [2.75, 3.05) is 30.4 Å². The summed E-state index contributed by atoms with van der Waals surface area (Å²) in [7, 11) is 3.40. The van der Waals surface area contributed by atoms with Crippen LogP contribution in [0.25, 0.3) is 10.9 Å². The van der Waals surface area contributed by atoms with Crippen molar-refractivity contribution in [3.05, 3.63) is 26.9 Å². The number of likely N-dealkylation sites (N-methyl/N-ethyl adjacent to an activating group) is 1. The van der Waals surface area contributed by atoms with Gasteiger partial charge in [-0.1, -0.05) is 11.6 Å². The van der Waals surface area contributed by atoms with Crippen molar-refractivity contribution in [1.82, 2.24) is 14.5 Å². The SMILES string of the molecule is Cc1c(Cl)c2c3c(nc(=O)n(C)c3c1F)N1C(C)CN(C)CC1C(=O)N2. The Morgan fingerprint density at radius 1 is 1.27 bits per heavy atom. The van der Waals surface area contributed by atoms with Crippen molar-refractivity contribution in [3.63, 3.8) is 0 Å². The summed E-state index contributed by atoms with van der Waals surface area (Å²) in [5.41, 5.74) is 0.0295. The standard InChI is InChI=1S/C17H19ClFN5O2/c1-7-5-22(3)6-9-16(25)20-13-10-14(12(19)8(2)11(13)18)23(4)17(26)21-15(10)24(7)9/h7,9H,5-6H2,1-4H3,(H,20,25). The van der Waals surface area contributed by atoms with Gasteiger partial charge in [0, 0.05) is 31.7 Å². The van der Waals surface area contributed by atoms with Gasteiger partial charge in [-0.25, -0.2) is 9.18 Å². The fourth-order valence-electron chi connectivity index (χ4n) is 4.03. The minimum atomic E-state index is -0.577. The molecule has 0 aliphatic carbocycles. The van der Waals surface area contributed by atoms with E-state index in [9.17, 15) is 9.59 Å². The highest BCUT2D eigenvalue weighted by atomic mass is 35.5. The number of rotatable bonds is 0. The number of anilines is 2. The molecule has 1 saturated heterocycles. The number of hydrogen-bond acceptors (Lipinski definition) is 5. The molecule has 0 spiro atoms. The summed E-state index contributed by atoms with van der Waals surface area (Å²) in [5, 5.41) is 3.35. The van der Waals surface area contributed by atoms with Gasteiger partial charge in [0.05, 0.1) is 21.6 Å². The van der Waals surface area contributed by atoms with E-state index < -0.39 is 17.5 Å². The van der Waals surface area contributed by atoms with Gasteiger partial charge < -0.3 is 15.1 Å². The molecule has 2 aliphatic heterocycles. The van der Waals surface area contributed by atoms with Crippen molar-refractivity contribution >= 4 is 39.9 Å². The first-order valence-electron chi connectivity index (χ1n) is 8.38. The van der Waals surface area contributed by atoms with Gasteiger partial charge in [0.25, 0.3) is 0 Å². The number of aryl methyl sites for hydroxylation is 1. The normalized spacial score (nSPS) is 23.0. The maximum atomic E-state index is 15.0. The van der Waals surface area contributed by atoms with E-state index in [1.165, 1.54) is 14.0 Å². The number of nitrogens with zero attached hydrogens (tertiary/aromatic N) is 4. The molecule has 0 saturated carbocycles. The van der Waals surface area contributed by atoms with Gasteiger partial charge >= 0.3 is 5.69 Å². The highest BCUT2D eigenvalue weighted by molar-refractivity contribution is 6.37. The lowest BCUT2D eigenvalue weighted by Gasteiger charge is -2.43. The lowest BCUT2D eigenvalue weighted by molar-refractivity contribution is -0.118. The van der Waals surface area contributed by atoms with Crippen LogP contribution in [0.2, 0.25) is 5.02 Å². The minimum Gasteiger partial charge on any atom is -0.338 e. The number of benzene rings is 1. The summed E-state index contributed by atoms with van der Waals surface area (Å²) in [5.74, 6) is -0.514. The van der Waals surface area contributed by atoms with Crippen LogP contribution in [0.15, 0.2) is 4.79 Å². The minimum absolute atomic E-state index is 0.0820. The number of amides is 1. The van der Waals surface area contributed by atoms with E-state index in [2.05, 4.69) is 10.3 Å². The summed E-state index contributed by atoms with van der Waals surface area (Å²) in [6.45, 7) is 4.65. The summed E-state index contributed by atoms with van der Waals surface area (Å²) in [6.07, 6.45) is 0. The molecule has 3 heterocycles. The van der Waals surface area contributed by atoms with Crippen LogP contribution >= 0.6 is 11.6 Å². The van der Waals surface area contributed by atoms with Crippen molar-refractivity contribution in [2.45, 2.75) is 25.9 Å². The van der Waals surface area contributed by atoms with Gasteiger partial charge in [-0.15, -0.1) is 0 Å². The number of nitrogens with one attached hydrogen (secondary N) is 1. The average molecular weight is 380 g/mol. The Hall–Kier alpha value is -2.19. The Labute approximate surface area is 154 Å². The van der Waals surface area contributed by atoms with E-state index in [4.69, 9.17) is 11.6 Å². The number of aromatic nitrogens is 2. The molecule has 0 radical (unpaired) electrons. The zero-order valence-electron chi connectivity index (χ0n) is 14.9. The molecule has 1 amide bonds. The summed E-state index contributed by atoms with van der Waals surface area (Å²) >= 11 is 6.38. The highest BCUT2D eigenvalue weighted by Crippen LogP contribution is 2.43. The van der Waals surface area contributed by atoms with Crippen molar-refractivity contribution < 1.29 is 9.18 Å². The van der Waals surface area contributed by atoms with Crippen LogP contribution in [-0.4, -0.2) is 52.6 Å². The topological polar surface area (TPSA) is 70.5 Å². The lowest BCUT2D eigenvalue weighted by Crippen LogP contribution is -2.61. The van der Waals surface area contributed by atoms with Gasteiger partial charge in [0.2, 0.25) is 5.91 Å². The van der Waals surface area contributed by atoms with Gasteiger partial charge in [0.1, 0.15) is 11.9 Å². The zero-order valence-corrected chi connectivity index (χ0v) is 15.7. The smallest absolute Gasteiger partial charge is 0.338 e. The number of piperazine rings is 1. The van der Waals surface area contributed by atoms with Crippen LogP contribution in [0.4, 0.5) is 15.9 Å². The van der Waals surface area contributed by atoms with Crippen LogP contribution in [-0.2, 0) is 11.8 Å². The second-order valence-corrected chi connectivity index (χ2v) is 7.49. The third-order valence-corrected chi connectivity index (χ3v) is 5.76. The van der Waals surface area contributed by atoms with Crippen LogP contribution in [0, 0.1) is 12.7 Å². The van der Waals surface area contributed by atoms with Crippen LogP contribution in [0.3, 0.4) is 0 Å². The molecular formula is C17H19ClFN5O2. The Bertz CT molecular complexity index is 1020. The van der Waals surface area contributed by atoms with E-state index in [1.807, 2.05) is 23.8 Å². The Morgan fingerprint density at radius 3 is 2.65 bits per heavy atom. The van der Waals surface area contributed by atoms with E-state index in [0.717, 1.165) is 4.57 Å². The molecule has 1 aromatic carbocycles. The fraction of sp³-hybridized carbons (Fsp3) is 0.471. The van der Waals surface area contributed by atoms with E-state index in [-0.39, 0.29) is 28.1 Å². The number of hydrogen-bond donors (Lipinski definition) is 1. The summed E-state index contributed by atoms with van der Waals surface area (Å²) in [6, 6.07) is -0.625. The monoisotopic (exact) mass is 379 g/mol. The van der Waals surface area contributed by atoms with Gasteiger partial charge in [0.15, 0.2) is 5.82 Å². The van der Waals surface area contributed by atoms with Crippen molar-refractivity contribution in [3.8, 4) is 0 Å². The average Bonchev–Trinajstić information content (AvgIpc) is 2.69. The van der Waals surface area contributed by atoms with Gasteiger partial charge in [-0.2, -0.15) is 4.98 Å². The first-order chi connectivity index (χ1) is 12.2. The molecular weight excluding hydrogens is 361 g/mol. The van der Waals surface area contributed by atoms with Crippen LogP contribution in [0.5, 0.6) is 0 Å². The Balaban J connectivity index is 2.17. The number of fused-ring (bicyclic) bond motifs is 2. The molecule has 4 rings (SSSR count). The molecule has 138 valence electrons. The van der Waals surface area contributed by atoms with E-state index in [0.29, 0.717) is 30.0 Å². The number of halogens is 2.